The van der Waals surface area contributed by atoms with Gasteiger partial charge in [0.2, 0.25) is 11.1 Å². The van der Waals surface area contributed by atoms with Crippen LogP contribution in [0, 0.1) is 6.92 Å². The molecular formula is C19H19ClN4O3S. The van der Waals surface area contributed by atoms with Gasteiger partial charge in [-0.25, -0.2) is 4.98 Å². The summed E-state index contributed by atoms with van der Waals surface area (Å²) < 4.78 is 10.6. The molecule has 0 saturated heterocycles. The number of halogens is 1. The Bertz CT molecular complexity index is 993. The van der Waals surface area contributed by atoms with E-state index < -0.39 is 0 Å². The molecule has 0 atom stereocenters. The van der Waals surface area contributed by atoms with Crippen LogP contribution in [-0.2, 0) is 4.79 Å². The molecule has 2 N–H and O–H groups in total. The van der Waals surface area contributed by atoms with Crippen LogP contribution in [0.2, 0.25) is 5.02 Å². The van der Waals surface area contributed by atoms with Gasteiger partial charge < -0.3 is 14.8 Å². The number of carbonyl (C=O) groups excluding carboxylic acids is 1. The van der Waals surface area contributed by atoms with Gasteiger partial charge in [-0.3, -0.25) is 9.89 Å². The summed E-state index contributed by atoms with van der Waals surface area (Å²) in [5.74, 6) is 1.84. The summed E-state index contributed by atoms with van der Waals surface area (Å²) in [7, 11) is 3.17. The number of methoxy groups -OCH3 is 2. The Morgan fingerprint density at radius 2 is 2.04 bits per heavy atom. The first-order valence-electron chi connectivity index (χ1n) is 8.33. The number of aryl methyl sites for hydroxylation is 1. The first-order valence-corrected chi connectivity index (χ1v) is 9.70. The molecule has 3 aromatic rings. The fourth-order valence-corrected chi connectivity index (χ4v) is 3.20. The van der Waals surface area contributed by atoms with E-state index in [0.717, 1.165) is 11.1 Å². The number of hydrogen-bond donors (Lipinski definition) is 2. The third-order valence-corrected chi connectivity index (χ3v) is 5.17. The lowest BCUT2D eigenvalue weighted by molar-refractivity contribution is -0.113. The van der Waals surface area contributed by atoms with Crippen LogP contribution in [0.25, 0.3) is 11.4 Å². The first-order chi connectivity index (χ1) is 13.5. The zero-order chi connectivity index (χ0) is 20.1. The van der Waals surface area contributed by atoms with Gasteiger partial charge >= 0.3 is 0 Å². The van der Waals surface area contributed by atoms with Gasteiger partial charge in [-0.1, -0.05) is 29.4 Å². The Morgan fingerprint density at radius 1 is 1.21 bits per heavy atom. The summed E-state index contributed by atoms with van der Waals surface area (Å²) in [6, 6.07) is 10.8. The lowest BCUT2D eigenvalue weighted by Crippen LogP contribution is -2.14. The van der Waals surface area contributed by atoms with Gasteiger partial charge in [0.25, 0.3) is 0 Å². The van der Waals surface area contributed by atoms with Gasteiger partial charge in [-0.05, 0) is 36.8 Å². The van der Waals surface area contributed by atoms with Crippen molar-refractivity contribution in [1.29, 1.82) is 0 Å². The smallest absolute Gasteiger partial charge is 0.234 e. The minimum atomic E-state index is -0.168. The van der Waals surface area contributed by atoms with Crippen molar-refractivity contribution in [3.8, 4) is 22.9 Å². The summed E-state index contributed by atoms with van der Waals surface area (Å²) >= 11 is 7.30. The average molecular weight is 419 g/mol. The highest BCUT2D eigenvalue weighted by Crippen LogP contribution is 2.32. The molecule has 0 aliphatic heterocycles. The second-order valence-electron chi connectivity index (χ2n) is 5.83. The molecule has 0 spiro atoms. The number of ether oxygens (including phenoxy) is 2. The number of H-pyrrole nitrogens is 1. The number of aromatic nitrogens is 3. The van der Waals surface area contributed by atoms with Crippen molar-refractivity contribution in [3.05, 3.63) is 47.0 Å². The number of amides is 1. The van der Waals surface area contributed by atoms with E-state index in [4.69, 9.17) is 21.1 Å². The average Bonchev–Trinajstić information content (AvgIpc) is 3.17. The second kappa shape index (κ2) is 8.99. The molecule has 0 aliphatic carbocycles. The molecule has 1 aromatic heterocycles. The molecule has 0 bridgehead atoms. The fourth-order valence-electron chi connectivity index (χ4n) is 2.42. The number of benzene rings is 2. The third-order valence-electron chi connectivity index (χ3n) is 3.92. The Hall–Kier alpha value is -2.71. The molecule has 3 rings (SSSR count). The number of nitrogens with zero attached hydrogens (tertiary/aromatic N) is 2. The van der Waals surface area contributed by atoms with Crippen molar-refractivity contribution in [2.45, 2.75) is 12.1 Å². The largest absolute Gasteiger partial charge is 0.497 e. The number of thioether (sulfide) groups is 1. The predicted molar refractivity (Wildman–Crippen MR) is 110 cm³/mol. The van der Waals surface area contributed by atoms with Crippen LogP contribution in [0.3, 0.4) is 0 Å². The van der Waals surface area contributed by atoms with E-state index in [9.17, 15) is 4.79 Å². The summed E-state index contributed by atoms with van der Waals surface area (Å²) in [6.45, 7) is 1.91. The monoisotopic (exact) mass is 418 g/mol. The Balaban J connectivity index is 1.63. The zero-order valence-electron chi connectivity index (χ0n) is 15.6. The maximum absolute atomic E-state index is 12.2. The van der Waals surface area contributed by atoms with Gasteiger partial charge in [0.15, 0.2) is 5.82 Å². The van der Waals surface area contributed by atoms with Crippen LogP contribution < -0.4 is 14.8 Å². The molecule has 0 saturated carbocycles. The van der Waals surface area contributed by atoms with Crippen molar-refractivity contribution in [1.82, 2.24) is 15.2 Å². The van der Waals surface area contributed by atoms with E-state index in [1.165, 1.54) is 11.8 Å². The topological polar surface area (TPSA) is 89.1 Å². The summed E-state index contributed by atoms with van der Waals surface area (Å²) in [5, 5.41) is 10.9. The van der Waals surface area contributed by atoms with Gasteiger partial charge in [-0.15, -0.1) is 5.10 Å². The quantitative estimate of drug-likeness (QED) is 0.559. The maximum Gasteiger partial charge on any atom is 0.234 e. The van der Waals surface area contributed by atoms with E-state index in [2.05, 4.69) is 20.5 Å². The third kappa shape index (κ3) is 4.76. The van der Waals surface area contributed by atoms with Crippen LogP contribution in [0.15, 0.2) is 41.6 Å². The van der Waals surface area contributed by atoms with Gasteiger partial charge in [0, 0.05) is 16.8 Å². The molecule has 0 unspecified atom stereocenters. The Labute approximate surface area is 171 Å². The van der Waals surface area contributed by atoms with Gasteiger partial charge in [-0.2, -0.15) is 0 Å². The van der Waals surface area contributed by atoms with Crippen molar-refractivity contribution >= 4 is 35.0 Å². The minimum Gasteiger partial charge on any atom is -0.497 e. The van der Waals surface area contributed by atoms with E-state index in [1.807, 2.05) is 31.2 Å². The molecule has 28 heavy (non-hydrogen) atoms. The highest BCUT2D eigenvalue weighted by atomic mass is 35.5. The van der Waals surface area contributed by atoms with Crippen molar-refractivity contribution in [2.24, 2.45) is 0 Å². The molecule has 0 aliphatic rings. The van der Waals surface area contributed by atoms with Crippen LogP contribution in [-0.4, -0.2) is 41.1 Å². The lowest BCUT2D eigenvalue weighted by atomic mass is 10.2. The number of aromatic amines is 1. The molecule has 1 heterocycles. The number of anilines is 1. The zero-order valence-corrected chi connectivity index (χ0v) is 17.1. The standard InChI is InChI=1S/C19H19ClN4O3S/c1-11-4-5-12(8-15(11)20)21-17(25)10-28-19-22-18(23-24-19)14-7-6-13(26-2)9-16(14)27-3/h4-9H,10H2,1-3H3,(H,21,25)(H,22,23,24). The van der Waals surface area contributed by atoms with Gasteiger partial charge in [0.05, 0.1) is 25.5 Å². The van der Waals surface area contributed by atoms with Crippen LogP contribution in [0.4, 0.5) is 5.69 Å². The molecular weight excluding hydrogens is 400 g/mol. The molecule has 1 amide bonds. The summed E-state index contributed by atoms with van der Waals surface area (Å²) in [5.41, 5.74) is 2.36. The van der Waals surface area contributed by atoms with Gasteiger partial charge in [0.1, 0.15) is 11.5 Å². The number of carbonyl (C=O) groups is 1. The Kier molecular flexibility index (Phi) is 6.43. The number of rotatable bonds is 7. The maximum atomic E-state index is 12.2. The van der Waals surface area contributed by atoms with E-state index in [1.54, 1.807) is 26.4 Å². The Morgan fingerprint density at radius 3 is 2.75 bits per heavy atom. The predicted octanol–water partition coefficient (Wildman–Crippen LogP) is 4.18. The number of nitrogens with one attached hydrogen (secondary N) is 2. The second-order valence-corrected chi connectivity index (χ2v) is 7.18. The normalized spacial score (nSPS) is 10.6. The van der Waals surface area contributed by atoms with Crippen molar-refractivity contribution < 1.29 is 14.3 Å². The SMILES string of the molecule is COc1ccc(-c2nc(SCC(=O)Nc3ccc(C)c(Cl)c3)n[nH]2)c(OC)c1. The van der Waals surface area contributed by atoms with Crippen LogP contribution in [0.1, 0.15) is 5.56 Å². The van der Waals surface area contributed by atoms with E-state index in [0.29, 0.717) is 33.2 Å². The molecule has 0 fully saturated rings. The van der Waals surface area contributed by atoms with Crippen LogP contribution >= 0.6 is 23.4 Å². The van der Waals surface area contributed by atoms with Crippen molar-refractivity contribution in [3.63, 3.8) is 0 Å². The first kappa shape index (κ1) is 20.0. The molecule has 7 nitrogen and oxygen atoms in total. The summed E-state index contributed by atoms with van der Waals surface area (Å²) in [6.07, 6.45) is 0. The van der Waals surface area contributed by atoms with Crippen LogP contribution in [0.5, 0.6) is 11.5 Å². The molecule has 0 radical (unpaired) electrons. The molecule has 2 aromatic carbocycles. The highest BCUT2D eigenvalue weighted by Gasteiger charge is 2.13. The lowest BCUT2D eigenvalue weighted by Gasteiger charge is -2.07. The number of hydrogen-bond acceptors (Lipinski definition) is 6. The highest BCUT2D eigenvalue weighted by molar-refractivity contribution is 7.99. The fraction of sp³-hybridized carbons (Fsp3) is 0.211. The molecule has 9 heteroatoms. The molecule has 146 valence electrons. The van der Waals surface area contributed by atoms with Crippen molar-refractivity contribution in [2.75, 3.05) is 25.3 Å². The summed E-state index contributed by atoms with van der Waals surface area (Å²) in [4.78, 5) is 16.6. The minimum absolute atomic E-state index is 0.168. The van der Waals surface area contributed by atoms with E-state index >= 15 is 0 Å². The van der Waals surface area contributed by atoms with E-state index in [-0.39, 0.29) is 11.7 Å².